The highest BCUT2D eigenvalue weighted by Gasteiger charge is 2.16. The first kappa shape index (κ1) is 17.0. The molecule has 4 nitrogen and oxygen atoms in total. The first-order chi connectivity index (χ1) is 13.0. The van der Waals surface area contributed by atoms with Crippen LogP contribution in [0.3, 0.4) is 0 Å². The third-order valence-electron chi connectivity index (χ3n) is 4.34. The number of aromatic hydroxyl groups is 1. The molecule has 1 N–H and O–H groups in total. The third-order valence-corrected chi connectivity index (χ3v) is 4.34. The SMILES string of the molecule is Cc1nc2c(OCc3c(F)cccc3F)cccn2c1-c1cccc(O)c1. The van der Waals surface area contributed by atoms with Crippen molar-refractivity contribution in [2.24, 2.45) is 0 Å². The number of benzene rings is 2. The molecule has 0 aliphatic rings. The van der Waals surface area contributed by atoms with Crippen molar-refractivity contribution in [3.8, 4) is 22.8 Å². The van der Waals surface area contributed by atoms with Crippen molar-refractivity contribution < 1.29 is 18.6 Å². The molecule has 2 aromatic heterocycles. The molecule has 0 fully saturated rings. The van der Waals surface area contributed by atoms with Crippen LogP contribution in [0, 0.1) is 18.6 Å². The van der Waals surface area contributed by atoms with Gasteiger partial charge in [-0.3, -0.25) is 4.40 Å². The topological polar surface area (TPSA) is 46.8 Å². The summed E-state index contributed by atoms with van der Waals surface area (Å²) in [7, 11) is 0. The van der Waals surface area contributed by atoms with Crippen LogP contribution >= 0.6 is 0 Å². The summed E-state index contributed by atoms with van der Waals surface area (Å²) in [4.78, 5) is 4.55. The second-order valence-corrected chi connectivity index (χ2v) is 6.15. The Morgan fingerprint density at radius 3 is 2.52 bits per heavy atom. The standard InChI is InChI=1S/C21H16F2N2O2/c1-13-20(14-5-2-6-15(26)11-14)25-10-4-9-19(21(25)24-13)27-12-16-17(22)7-3-8-18(16)23/h2-11,26H,12H2,1H3. The number of halogens is 2. The van der Waals surface area contributed by atoms with Gasteiger partial charge in [-0.15, -0.1) is 0 Å². The lowest BCUT2D eigenvalue weighted by Gasteiger charge is -2.10. The molecule has 0 saturated carbocycles. The van der Waals surface area contributed by atoms with Crippen LogP contribution in [0.2, 0.25) is 0 Å². The number of fused-ring (bicyclic) bond motifs is 1. The van der Waals surface area contributed by atoms with Crippen molar-refractivity contribution in [1.29, 1.82) is 0 Å². The number of hydrogen-bond acceptors (Lipinski definition) is 3. The number of ether oxygens (including phenoxy) is 1. The van der Waals surface area contributed by atoms with E-state index in [1.54, 1.807) is 30.3 Å². The molecule has 0 bridgehead atoms. The van der Waals surface area contributed by atoms with Gasteiger partial charge in [0.2, 0.25) is 0 Å². The number of pyridine rings is 1. The summed E-state index contributed by atoms with van der Waals surface area (Å²) in [5.41, 5.74) is 2.76. The zero-order chi connectivity index (χ0) is 19.0. The van der Waals surface area contributed by atoms with E-state index in [4.69, 9.17) is 4.74 Å². The smallest absolute Gasteiger partial charge is 0.180 e. The van der Waals surface area contributed by atoms with Crippen LogP contribution in [0.4, 0.5) is 8.78 Å². The zero-order valence-corrected chi connectivity index (χ0v) is 14.5. The van der Waals surface area contributed by atoms with E-state index >= 15 is 0 Å². The first-order valence-electron chi connectivity index (χ1n) is 8.37. The molecule has 4 aromatic rings. The molecule has 0 saturated heterocycles. The summed E-state index contributed by atoms with van der Waals surface area (Å²) in [6, 6.07) is 14.1. The maximum absolute atomic E-state index is 13.8. The number of nitrogens with zero attached hydrogens (tertiary/aromatic N) is 2. The van der Waals surface area contributed by atoms with E-state index in [0.717, 1.165) is 17.0 Å². The van der Waals surface area contributed by atoms with Crippen molar-refractivity contribution >= 4 is 5.65 Å². The third kappa shape index (κ3) is 3.10. The predicted octanol–water partition coefficient (Wildman–Crippen LogP) is 4.87. The quantitative estimate of drug-likeness (QED) is 0.560. The molecule has 2 heterocycles. The van der Waals surface area contributed by atoms with Crippen LogP contribution in [-0.4, -0.2) is 14.5 Å². The van der Waals surface area contributed by atoms with E-state index in [-0.39, 0.29) is 17.9 Å². The van der Waals surface area contributed by atoms with Crippen molar-refractivity contribution in [2.75, 3.05) is 0 Å². The highest BCUT2D eigenvalue weighted by atomic mass is 19.1. The molecule has 136 valence electrons. The van der Waals surface area contributed by atoms with Gasteiger partial charge in [0.15, 0.2) is 11.4 Å². The minimum Gasteiger partial charge on any atom is -0.508 e. The van der Waals surface area contributed by atoms with Crippen molar-refractivity contribution in [3.63, 3.8) is 0 Å². The van der Waals surface area contributed by atoms with Crippen molar-refractivity contribution in [2.45, 2.75) is 13.5 Å². The van der Waals surface area contributed by atoms with E-state index in [1.807, 2.05) is 23.6 Å². The predicted molar refractivity (Wildman–Crippen MR) is 97.7 cm³/mol. The Balaban J connectivity index is 1.74. The van der Waals surface area contributed by atoms with Gasteiger partial charge in [0.25, 0.3) is 0 Å². The Labute approximate surface area is 154 Å². The second kappa shape index (κ2) is 6.72. The van der Waals surface area contributed by atoms with Gasteiger partial charge in [-0.2, -0.15) is 0 Å². The number of imidazole rings is 1. The van der Waals surface area contributed by atoms with E-state index in [9.17, 15) is 13.9 Å². The van der Waals surface area contributed by atoms with Crippen LogP contribution in [0.1, 0.15) is 11.3 Å². The number of phenols is 1. The number of aryl methyl sites for hydroxylation is 1. The summed E-state index contributed by atoms with van der Waals surface area (Å²) < 4.78 is 35.2. The molecule has 0 radical (unpaired) electrons. The zero-order valence-electron chi connectivity index (χ0n) is 14.5. The fourth-order valence-electron chi connectivity index (χ4n) is 3.09. The molecule has 2 aromatic carbocycles. The number of hydrogen-bond donors (Lipinski definition) is 1. The summed E-state index contributed by atoms with van der Waals surface area (Å²) in [5, 5.41) is 9.77. The molecule has 0 unspecified atom stereocenters. The largest absolute Gasteiger partial charge is 0.508 e. The lowest BCUT2D eigenvalue weighted by atomic mass is 10.1. The van der Waals surface area contributed by atoms with Gasteiger partial charge in [0.05, 0.1) is 17.0 Å². The monoisotopic (exact) mass is 366 g/mol. The molecule has 4 rings (SSSR count). The average molecular weight is 366 g/mol. The molecule has 0 spiro atoms. The Morgan fingerprint density at radius 1 is 1.04 bits per heavy atom. The number of aromatic nitrogens is 2. The van der Waals surface area contributed by atoms with E-state index in [0.29, 0.717) is 11.4 Å². The van der Waals surface area contributed by atoms with Gasteiger partial charge in [0.1, 0.15) is 24.0 Å². The molecule has 27 heavy (non-hydrogen) atoms. The highest BCUT2D eigenvalue weighted by molar-refractivity contribution is 5.70. The molecule has 6 heteroatoms. The molecule has 0 amide bonds. The molecular weight excluding hydrogens is 350 g/mol. The fourth-order valence-corrected chi connectivity index (χ4v) is 3.09. The minimum absolute atomic E-state index is 0.129. The van der Waals surface area contributed by atoms with Gasteiger partial charge in [-0.25, -0.2) is 13.8 Å². The van der Waals surface area contributed by atoms with Gasteiger partial charge >= 0.3 is 0 Å². The van der Waals surface area contributed by atoms with Gasteiger partial charge in [-0.1, -0.05) is 18.2 Å². The minimum atomic E-state index is -0.651. The molecule has 0 atom stereocenters. The van der Waals surface area contributed by atoms with E-state index < -0.39 is 11.6 Å². The van der Waals surface area contributed by atoms with Crippen LogP contribution in [-0.2, 0) is 6.61 Å². The molecular formula is C21H16F2N2O2. The Bertz CT molecular complexity index is 1120. The fraction of sp³-hybridized carbons (Fsp3) is 0.0952. The Hall–Kier alpha value is -3.41. The van der Waals surface area contributed by atoms with Crippen LogP contribution in [0.25, 0.3) is 16.9 Å². The maximum atomic E-state index is 13.8. The Kier molecular flexibility index (Phi) is 4.24. The van der Waals surface area contributed by atoms with Gasteiger partial charge in [0, 0.05) is 11.8 Å². The van der Waals surface area contributed by atoms with Crippen LogP contribution < -0.4 is 4.74 Å². The number of phenolic OH excluding ortho intramolecular Hbond substituents is 1. The van der Waals surface area contributed by atoms with Gasteiger partial charge in [-0.05, 0) is 43.3 Å². The van der Waals surface area contributed by atoms with Crippen LogP contribution in [0.5, 0.6) is 11.5 Å². The van der Waals surface area contributed by atoms with Crippen molar-refractivity contribution in [1.82, 2.24) is 9.38 Å². The maximum Gasteiger partial charge on any atom is 0.180 e. The summed E-state index contributed by atoms with van der Waals surface area (Å²) in [6.07, 6.45) is 1.82. The summed E-state index contributed by atoms with van der Waals surface area (Å²) >= 11 is 0. The molecule has 0 aliphatic heterocycles. The lowest BCUT2D eigenvalue weighted by molar-refractivity contribution is 0.294. The molecule has 0 aliphatic carbocycles. The summed E-state index contributed by atoms with van der Waals surface area (Å²) in [6.45, 7) is 1.61. The van der Waals surface area contributed by atoms with Gasteiger partial charge < -0.3 is 9.84 Å². The van der Waals surface area contributed by atoms with E-state index in [1.165, 1.54) is 18.2 Å². The van der Waals surface area contributed by atoms with E-state index in [2.05, 4.69) is 4.98 Å². The summed E-state index contributed by atoms with van der Waals surface area (Å²) in [5.74, 6) is -0.734. The normalized spacial score (nSPS) is 11.1. The number of rotatable bonds is 4. The van der Waals surface area contributed by atoms with Crippen LogP contribution in [0.15, 0.2) is 60.8 Å². The highest BCUT2D eigenvalue weighted by Crippen LogP contribution is 2.31. The Morgan fingerprint density at radius 2 is 1.78 bits per heavy atom. The first-order valence-corrected chi connectivity index (χ1v) is 8.37. The lowest BCUT2D eigenvalue weighted by Crippen LogP contribution is -2.03. The average Bonchev–Trinajstić information content (AvgIpc) is 2.98. The second-order valence-electron chi connectivity index (χ2n) is 6.15. The van der Waals surface area contributed by atoms with Crippen molar-refractivity contribution in [3.05, 3.63) is 83.7 Å².